The summed E-state index contributed by atoms with van der Waals surface area (Å²) in [6, 6.07) is -5.14. The number of carbonyl (C=O) groups excluding carboxylic acids is 9. The highest BCUT2D eigenvalue weighted by molar-refractivity contribution is 5.96. The Bertz CT molecular complexity index is 1130. The first-order valence-electron chi connectivity index (χ1n) is 15.3. The summed E-state index contributed by atoms with van der Waals surface area (Å²) in [4.78, 5) is 112. The van der Waals surface area contributed by atoms with Crippen LogP contribution in [-0.2, 0) is 43.2 Å². The Morgan fingerprint density at radius 1 is 0.553 bits per heavy atom. The van der Waals surface area contributed by atoms with Crippen molar-refractivity contribution in [2.24, 2.45) is 0 Å². The predicted octanol–water partition coefficient (Wildman–Crippen LogP) is -5.09. The average Bonchev–Trinajstić information content (AvgIpc) is 3.00. The van der Waals surface area contributed by atoms with Crippen molar-refractivity contribution >= 4 is 53.2 Å². The molecule has 264 valence electrons. The minimum absolute atomic E-state index is 0.0195. The Balaban J connectivity index is 3.35. The van der Waals surface area contributed by atoms with E-state index in [-0.39, 0.29) is 75.9 Å². The fraction of sp³-hybridized carbons (Fsp3) is 0.679. The van der Waals surface area contributed by atoms with E-state index >= 15 is 0 Å². The van der Waals surface area contributed by atoms with Crippen molar-refractivity contribution in [1.82, 2.24) is 47.9 Å². The van der Waals surface area contributed by atoms with Gasteiger partial charge in [0.05, 0.1) is 19.7 Å². The summed E-state index contributed by atoms with van der Waals surface area (Å²) in [5.41, 5.74) is 0. The first-order valence-corrected chi connectivity index (χ1v) is 15.3. The summed E-state index contributed by atoms with van der Waals surface area (Å²) < 4.78 is 0. The van der Waals surface area contributed by atoms with E-state index in [4.69, 9.17) is 0 Å². The van der Waals surface area contributed by atoms with Gasteiger partial charge in [0.2, 0.25) is 53.2 Å². The van der Waals surface area contributed by atoms with E-state index in [9.17, 15) is 48.3 Å². The van der Waals surface area contributed by atoms with Gasteiger partial charge in [0.1, 0.15) is 24.2 Å². The second-order valence-corrected chi connectivity index (χ2v) is 10.9. The summed E-state index contributed by atoms with van der Waals surface area (Å²) >= 11 is 0. The van der Waals surface area contributed by atoms with E-state index < -0.39 is 79.3 Å². The van der Waals surface area contributed by atoms with Crippen LogP contribution < -0.4 is 47.9 Å². The maximum absolute atomic E-state index is 13.5. The first-order chi connectivity index (χ1) is 22.2. The van der Waals surface area contributed by atoms with E-state index in [1.165, 1.54) is 20.8 Å². The summed E-state index contributed by atoms with van der Waals surface area (Å²) in [6.45, 7) is 2.40. The minimum atomic E-state index is -1.46. The molecule has 0 aliphatic carbocycles. The Morgan fingerprint density at radius 2 is 0.872 bits per heavy atom. The van der Waals surface area contributed by atoms with Crippen LogP contribution in [0.2, 0.25) is 0 Å². The van der Waals surface area contributed by atoms with Gasteiger partial charge in [-0.2, -0.15) is 0 Å². The summed E-state index contributed by atoms with van der Waals surface area (Å²) in [5.74, 6) is -5.74. The fourth-order valence-electron chi connectivity index (χ4n) is 4.33. The molecule has 1 heterocycles. The topological polar surface area (TPSA) is 282 Å². The van der Waals surface area contributed by atoms with Crippen LogP contribution in [0.3, 0.4) is 0 Å². The second-order valence-electron chi connectivity index (χ2n) is 10.9. The lowest BCUT2D eigenvalue weighted by Gasteiger charge is -2.26. The standard InChI is InChI=1S/C28H47N9O10/c1-16(39)29-10-4-7-19-25(44)32-14-24(43)35-22(15-38)26(45)33-13-23(42)34-20(8-5-11-30-17(2)40)27(46)37-21(28(47)36-19)9-6-12-31-18(3)41/h19-22,38H,4-15H2,1-3H3,(H,29,39)(H,30,40)(H,31,41)(H,32,44)(H,33,45)(H,34,42)(H,35,43)(H,36,47)(H,37,46)/t19-,20-,21-,22-/m0/s1. The third-order valence-corrected chi connectivity index (χ3v) is 6.73. The van der Waals surface area contributed by atoms with Crippen LogP contribution in [0.4, 0.5) is 0 Å². The monoisotopic (exact) mass is 669 g/mol. The third kappa shape index (κ3) is 17.5. The summed E-state index contributed by atoms with van der Waals surface area (Å²) in [6.07, 6.45) is 0.809. The number of nitrogens with one attached hydrogen (secondary N) is 9. The van der Waals surface area contributed by atoms with E-state index in [1.807, 2.05) is 0 Å². The molecule has 0 unspecified atom stereocenters. The molecular weight excluding hydrogens is 622 g/mol. The van der Waals surface area contributed by atoms with Crippen molar-refractivity contribution in [3.05, 3.63) is 0 Å². The van der Waals surface area contributed by atoms with Gasteiger partial charge < -0.3 is 53.0 Å². The van der Waals surface area contributed by atoms with Crippen LogP contribution in [0.25, 0.3) is 0 Å². The molecule has 1 aliphatic rings. The van der Waals surface area contributed by atoms with Gasteiger partial charge in [-0.15, -0.1) is 0 Å². The minimum Gasteiger partial charge on any atom is -0.394 e. The molecule has 0 aromatic heterocycles. The molecule has 0 bridgehead atoms. The van der Waals surface area contributed by atoms with Gasteiger partial charge in [-0.05, 0) is 38.5 Å². The van der Waals surface area contributed by atoms with E-state index in [0.717, 1.165) is 0 Å². The quantitative estimate of drug-likeness (QED) is 0.0833. The van der Waals surface area contributed by atoms with Gasteiger partial charge >= 0.3 is 0 Å². The first kappa shape index (κ1) is 40.2. The van der Waals surface area contributed by atoms with Crippen molar-refractivity contribution in [3.8, 4) is 0 Å². The molecule has 4 atom stereocenters. The highest BCUT2D eigenvalue weighted by atomic mass is 16.3. The number of hydrogen-bond acceptors (Lipinski definition) is 10. The molecule has 0 radical (unpaired) electrons. The molecule has 0 aromatic rings. The van der Waals surface area contributed by atoms with E-state index in [2.05, 4.69) is 47.9 Å². The molecule has 10 N–H and O–H groups in total. The molecule has 1 aliphatic heterocycles. The Labute approximate surface area is 272 Å². The second kappa shape index (κ2) is 21.8. The van der Waals surface area contributed by atoms with Crippen LogP contribution in [-0.4, -0.2) is 122 Å². The number of amides is 9. The molecule has 47 heavy (non-hydrogen) atoms. The zero-order valence-electron chi connectivity index (χ0n) is 26.9. The van der Waals surface area contributed by atoms with Crippen molar-refractivity contribution in [2.75, 3.05) is 39.3 Å². The van der Waals surface area contributed by atoms with Crippen molar-refractivity contribution < 1.29 is 48.3 Å². The lowest BCUT2D eigenvalue weighted by Crippen LogP contribution is -2.59. The van der Waals surface area contributed by atoms with Crippen LogP contribution >= 0.6 is 0 Å². The Morgan fingerprint density at radius 3 is 1.23 bits per heavy atom. The molecule has 19 heteroatoms. The number of aliphatic hydroxyl groups excluding tert-OH is 1. The number of carbonyl (C=O) groups is 9. The van der Waals surface area contributed by atoms with Gasteiger partial charge in [0, 0.05) is 40.4 Å². The maximum atomic E-state index is 13.5. The molecule has 9 amide bonds. The Hall–Kier alpha value is -4.81. The number of rotatable bonds is 13. The van der Waals surface area contributed by atoms with Crippen LogP contribution in [0.15, 0.2) is 0 Å². The van der Waals surface area contributed by atoms with Crippen LogP contribution in [0, 0.1) is 0 Å². The van der Waals surface area contributed by atoms with Crippen molar-refractivity contribution in [1.29, 1.82) is 0 Å². The van der Waals surface area contributed by atoms with Gasteiger partial charge in [-0.1, -0.05) is 0 Å². The lowest BCUT2D eigenvalue weighted by atomic mass is 10.1. The zero-order chi connectivity index (χ0) is 35.4. The van der Waals surface area contributed by atoms with Crippen LogP contribution in [0.5, 0.6) is 0 Å². The molecular formula is C28H47N9O10. The van der Waals surface area contributed by atoms with Gasteiger partial charge in [0.15, 0.2) is 0 Å². The highest BCUT2D eigenvalue weighted by Gasteiger charge is 2.30. The van der Waals surface area contributed by atoms with Gasteiger partial charge in [-0.3, -0.25) is 43.2 Å². The van der Waals surface area contributed by atoms with Crippen molar-refractivity contribution in [3.63, 3.8) is 0 Å². The van der Waals surface area contributed by atoms with Crippen LogP contribution in [0.1, 0.15) is 59.3 Å². The van der Waals surface area contributed by atoms with Gasteiger partial charge in [0.25, 0.3) is 0 Å². The largest absolute Gasteiger partial charge is 0.394 e. The Kier molecular flexibility index (Phi) is 18.7. The molecule has 1 fully saturated rings. The molecule has 19 nitrogen and oxygen atoms in total. The fourth-order valence-corrected chi connectivity index (χ4v) is 4.33. The van der Waals surface area contributed by atoms with E-state index in [0.29, 0.717) is 0 Å². The third-order valence-electron chi connectivity index (χ3n) is 6.73. The van der Waals surface area contributed by atoms with Gasteiger partial charge in [-0.25, -0.2) is 0 Å². The predicted molar refractivity (Wildman–Crippen MR) is 165 cm³/mol. The summed E-state index contributed by atoms with van der Waals surface area (Å²) in [7, 11) is 0. The molecule has 0 spiro atoms. The molecule has 1 saturated heterocycles. The smallest absolute Gasteiger partial charge is 0.245 e. The SMILES string of the molecule is CC(=O)NCCC[C@@H]1NC(=O)CNC(=O)[C@H](CO)NC(=O)CNC(=O)[C@H](CCCNC(C)=O)NC(=O)[C@H](CCCNC(C)=O)NC1=O. The van der Waals surface area contributed by atoms with E-state index in [1.54, 1.807) is 0 Å². The number of aliphatic hydroxyl groups is 1. The maximum Gasteiger partial charge on any atom is 0.245 e. The lowest BCUT2D eigenvalue weighted by molar-refractivity contribution is -0.135. The summed E-state index contributed by atoms with van der Waals surface area (Å²) in [5, 5.41) is 31.8. The average molecular weight is 670 g/mol. The number of hydrogen-bond donors (Lipinski definition) is 10. The molecule has 0 aromatic carbocycles. The normalized spacial score (nSPS) is 21.7. The molecule has 1 rings (SSSR count). The molecule has 0 saturated carbocycles. The zero-order valence-corrected chi connectivity index (χ0v) is 26.9. The highest BCUT2D eigenvalue weighted by Crippen LogP contribution is 2.05. The van der Waals surface area contributed by atoms with Crippen molar-refractivity contribution in [2.45, 2.75) is 83.5 Å².